The molecule has 0 aliphatic carbocycles. The summed E-state index contributed by atoms with van der Waals surface area (Å²) in [5, 5.41) is 8.66. The Morgan fingerprint density at radius 2 is 2.00 bits per heavy atom. The normalized spacial score (nSPS) is 19.7. The average molecular weight is 250 g/mol. The molecule has 96 valence electrons. The van der Waals surface area contributed by atoms with E-state index in [2.05, 4.69) is 11.8 Å². The molecule has 1 saturated heterocycles. The Balaban J connectivity index is 2.36. The minimum absolute atomic E-state index is 0.338. The van der Waals surface area contributed by atoms with Crippen molar-refractivity contribution in [1.29, 1.82) is 5.26 Å². The van der Waals surface area contributed by atoms with E-state index < -0.39 is 17.2 Å². The first kappa shape index (κ1) is 12.8. The maximum absolute atomic E-state index is 13.6. The molecule has 0 aromatic heterocycles. The van der Waals surface area contributed by atoms with Crippen LogP contribution >= 0.6 is 0 Å². The van der Waals surface area contributed by atoms with Crippen molar-refractivity contribution in [2.75, 3.05) is 11.4 Å². The molecule has 0 saturated carbocycles. The molecule has 1 aromatic rings. The Bertz CT molecular complexity index is 456. The summed E-state index contributed by atoms with van der Waals surface area (Å²) in [5.74, 6) is -1.54. The van der Waals surface area contributed by atoms with Crippen molar-refractivity contribution in [2.45, 2.75) is 38.6 Å². The molecule has 0 N–H and O–H groups in total. The number of hydrogen-bond acceptors (Lipinski definition) is 2. The zero-order valence-corrected chi connectivity index (χ0v) is 10.4. The van der Waals surface area contributed by atoms with Crippen LogP contribution in [0.1, 0.15) is 38.2 Å². The molecule has 18 heavy (non-hydrogen) atoms. The van der Waals surface area contributed by atoms with Crippen LogP contribution in [0.4, 0.5) is 14.5 Å². The fourth-order valence-corrected chi connectivity index (χ4v) is 2.60. The minimum Gasteiger partial charge on any atom is -0.368 e. The highest BCUT2D eigenvalue weighted by atomic mass is 19.1. The molecule has 2 rings (SSSR count). The quantitative estimate of drug-likeness (QED) is 0.801. The lowest BCUT2D eigenvalue weighted by molar-refractivity contribution is 0.448. The second kappa shape index (κ2) is 5.34. The first-order chi connectivity index (χ1) is 8.67. The number of rotatable bonds is 2. The molecule has 1 fully saturated rings. The number of hydrogen-bond donors (Lipinski definition) is 0. The molecule has 0 bridgehead atoms. The van der Waals surface area contributed by atoms with Crippen LogP contribution in [0.25, 0.3) is 0 Å². The molecule has 0 spiro atoms. The largest absolute Gasteiger partial charge is 0.368 e. The van der Waals surface area contributed by atoms with Gasteiger partial charge in [-0.15, -0.1) is 0 Å². The third-order valence-electron chi connectivity index (χ3n) is 3.57. The lowest BCUT2D eigenvalue weighted by atomic mass is 9.99. The Labute approximate surface area is 106 Å². The van der Waals surface area contributed by atoms with E-state index in [-0.39, 0.29) is 0 Å². The van der Waals surface area contributed by atoms with Crippen LogP contribution < -0.4 is 4.90 Å². The zero-order valence-electron chi connectivity index (χ0n) is 10.4. The van der Waals surface area contributed by atoms with Gasteiger partial charge in [-0.2, -0.15) is 5.26 Å². The Morgan fingerprint density at radius 1 is 1.33 bits per heavy atom. The van der Waals surface area contributed by atoms with Gasteiger partial charge in [-0.05, 0) is 37.8 Å². The first-order valence-electron chi connectivity index (χ1n) is 6.33. The van der Waals surface area contributed by atoms with Crippen molar-refractivity contribution >= 4 is 5.69 Å². The molecule has 1 aliphatic rings. The SMILES string of the molecule is CC[C@H]1CCCCN1c1cc(F)c(C#N)c(F)c1. The van der Waals surface area contributed by atoms with E-state index in [0.29, 0.717) is 11.7 Å². The van der Waals surface area contributed by atoms with Crippen LogP contribution in [-0.4, -0.2) is 12.6 Å². The molecule has 4 heteroatoms. The number of piperidine rings is 1. The van der Waals surface area contributed by atoms with E-state index in [1.54, 1.807) is 6.07 Å². The van der Waals surface area contributed by atoms with Crippen molar-refractivity contribution in [2.24, 2.45) is 0 Å². The number of anilines is 1. The molecule has 1 aromatic carbocycles. The summed E-state index contributed by atoms with van der Waals surface area (Å²) in [6.45, 7) is 2.91. The Morgan fingerprint density at radius 3 is 2.56 bits per heavy atom. The fraction of sp³-hybridized carbons (Fsp3) is 0.500. The smallest absolute Gasteiger partial charge is 0.146 e. The molecular formula is C14H16F2N2. The lowest BCUT2D eigenvalue weighted by Crippen LogP contribution is -2.39. The molecule has 1 atom stereocenters. The van der Waals surface area contributed by atoms with Crippen molar-refractivity contribution < 1.29 is 8.78 Å². The van der Waals surface area contributed by atoms with Gasteiger partial charge in [0, 0.05) is 18.3 Å². The summed E-state index contributed by atoms with van der Waals surface area (Å²) in [5.41, 5.74) is 0.0550. The van der Waals surface area contributed by atoms with E-state index >= 15 is 0 Å². The van der Waals surface area contributed by atoms with Crippen molar-refractivity contribution in [1.82, 2.24) is 0 Å². The predicted octanol–water partition coefficient (Wildman–Crippen LogP) is 3.61. The average Bonchev–Trinajstić information content (AvgIpc) is 2.38. The summed E-state index contributed by atoms with van der Waals surface area (Å²) >= 11 is 0. The molecule has 2 nitrogen and oxygen atoms in total. The number of benzene rings is 1. The molecule has 0 unspecified atom stereocenters. The summed E-state index contributed by atoms with van der Waals surface area (Å²) in [7, 11) is 0. The van der Waals surface area contributed by atoms with E-state index in [4.69, 9.17) is 5.26 Å². The molecule has 0 amide bonds. The highest BCUT2D eigenvalue weighted by Gasteiger charge is 2.23. The van der Waals surface area contributed by atoms with Crippen LogP contribution in [-0.2, 0) is 0 Å². The van der Waals surface area contributed by atoms with Gasteiger partial charge in [-0.1, -0.05) is 6.92 Å². The van der Waals surface area contributed by atoms with Crippen LogP contribution in [0.5, 0.6) is 0 Å². The third kappa shape index (κ3) is 2.31. The van der Waals surface area contributed by atoms with E-state index in [1.807, 2.05) is 0 Å². The highest BCUT2D eigenvalue weighted by molar-refractivity contribution is 5.52. The van der Waals surface area contributed by atoms with Gasteiger partial charge in [0.05, 0.1) is 0 Å². The van der Waals surface area contributed by atoms with Gasteiger partial charge in [-0.25, -0.2) is 8.78 Å². The van der Waals surface area contributed by atoms with Gasteiger partial charge >= 0.3 is 0 Å². The van der Waals surface area contributed by atoms with Crippen LogP contribution in [0.2, 0.25) is 0 Å². The summed E-state index contributed by atoms with van der Waals surface area (Å²) in [4.78, 5) is 2.05. The first-order valence-corrected chi connectivity index (χ1v) is 6.33. The Kier molecular flexibility index (Phi) is 3.81. The lowest BCUT2D eigenvalue weighted by Gasteiger charge is -2.37. The maximum atomic E-state index is 13.6. The van der Waals surface area contributed by atoms with Gasteiger partial charge in [0.1, 0.15) is 23.3 Å². The summed E-state index contributed by atoms with van der Waals surface area (Å²) < 4.78 is 27.2. The van der Waals surface area contributed by atoms with Gasteiger partial charge < -0.3 is 4.90 Å². The predicted molar refractivity (Wildman–Crippen MR) is 66.3 cm³/mol. The van der Waals surface area contributed by atoms with Crippen molar-refractivity contribution in [3.63, 3.8) is 0 Å². The van der Waals surface area contributed by atoms with Gasteiger partial charge in [0.2, 0.25) is 0 Å². The monoisotopic (exact) mass is 250 g/mol. The highest BCUT2D eigenvalue weighted by Crippen LogP contribution is 2.29. The van der Waals surface area contributed by atoms with Crippen LogP contribution in [0.3, 0.4) is 0 Å². The molecule has 0 radical (unpaired) electrons. The summed E-state index contributed by atoms with van der Waals surface area (Å²) in [6.07, 6.45) is 4.22. The second-order valence-electron chi connectivity index (χ2n) is 4.65. The number of nitrogens with zero attached hydrogens (tertiary/aromatic N) is 2. The van der Waals surface area contributed by atoms with Crippen molar-refractivity contribution in [3.8, 4) is 6.07 Å². The van der Waals surface area contributed by atoms with Crippen molar-refractivity contribution in [3.05, 3.63) is 29.3 Å². The number of halogens is 2. The van der Waals surface area contributed by atoms with E-state index in [1.165, 1.54) is 12.1 Å². The third-order valence-corrected chi connectivity index (χ3v) is 3.57. The minimum atomic E-state index is -0.770. The van der Waals surface area contributed by atoms with Crippen LogP contribution in [0.15, 0.2) is 12.1 Å². The maximum Gasteiger partial charge on any atom is 0.146 e. The van der Waals surface area contributed by atoms with E-state index in [9.17, 15) is 8.78 Å². The van der Waals surface area contributed by atoms with Gasteiger partial charge in [0.25, 0.3) is 0 Å². The standard InChI is InChI=1S/C14H16F2N2/c1-2-10-5-3-4-6-18(10)11-7-13(15)12(9-17)14(16)8-11/h7-8,10H,2-6H2,1H3/t10-/m0/s1. The van der Waals surface area contributed by atoms with Gasteiger partial charge in [-0.3, -0.25) is 0 Å². The second-order valence-corrected chi connectivity index (χ2v) is 4.65. The molecule has 1 heterocycles. The summed E-state index contributed by atoms with van der Waals surface area (Å²) in [6, 6.07) is 4.44. The number of nitriles is 1. The Hall–Kier alpha value is -1.63. The van der Waals surface area contributed by atoms with E-state index in [0.717, 1.165) is 32.2 Å². The zero-order chi connectivity index (χ0) is 13.1. The van der Waals surface area contributed by atoms with Crippen LogP contribution in [0, 0.1) is 23.0 Å². The van der Waals surface area contributed by atoms with Gasteiger partial charge in [0.15, 0.2) is 0 Å². The topological polar surface area (TPSA) is 27.0 Å². The molecule has 1 aliphatic heterocycles. The molecular weight excluding hydrogens is 234 g/mol. The fourth-order valence-electron chi connectivity index (χ4n) is 2.60.